The second-order valence-corrected chi connectivity index (χ2v) is 4.42. The van der Waals surface area contributed by atoms with E-state index in [0.717, 1.165) is 10.2 Å². The quantitative estimate of drug-likeness (QED) is 0.645. The van der Waals surface area contributed by atoms with Gasteiger partial charge < -0.3 is 0 Å². The van der Waals surface area contributed by atoms with Crippen molar-refractivity contribution in [3.8, 4) is 0 Å². The molecule has 0 radical (unpaired) electrons. The van der Waals surface area contributed by atoms with E-state index in [-0.39, 0.29) is 5.78 Å². The molecule has 4 nitrogen and oxygen atoms in total. The fourth-order valence-electron chi connectivity index (χ4n) is 1.33. The number of ketones is 1. The lowest BCUT2D eigenvalue weighted by Crippen LogP contribution is -1.95. The number of rotatable bonds is 3. The fourth-order valence-corrected chi connectivity index (χ4v) is 1.69. The Balaban J connectivity index is 2.14. The topological polar surface area (TPSA) is 47.8 Å². The van der Waals surface area contributed by atoms with Crippen LogP contribution in [0.2, 0.25) is 0 Å². The second kappa shape index (κ2) is 5.05. The van der Waals surface area contributed by atoms with Gasteiger partial charge in [0.2, 0.25) is 0 Å². The van der Waals surface area contributed by atoms with Crippen molar-refractivity contribution in [1.82, 2.24) is 14.8 Å². The molecule has 0 atom stereocenters. The minimum absolute atomic E-state index is 0.0931. The Kier molecular flexibility index (Phi) is 3.49. The molecule has 5 heteroatoms. The van der Waals surface area contributed by atoms with Crippen LogP contribution in [0, 0.1) is 0 Å². The smallest absolute Gasteiger partial charge is 0.187 e. The van der Waals surface area contributed by atoms with Gasteiger partial charge in [0.05, 0.1) is 5.69 Å². The number of hydrogen-bond donors (Lipinski definition) is 0. The summed E-state index contributed by atoms with van der Waals surface area (Å²) in [5.41, 5.74) is 1.30. The molecule has 2 rings (SSSR count). The molecule has 0 fully saturated rings. The molecule has 2 aromatic heterocycles. The average molecular weight is 292 g/mol. The Labute approximate surface area is 107 Å². The maximum absolute atomic E-state index is 11.8. The van der Waals surface area contributed by atoms with Crippen LogP contribution in [0.4, 0.5) is 0 Å². The highest BCUT2D eigenvalue weighted by Gasteiger charge is 2.02. The van der Waals surface area contributed by atoms with Crippen molar-refractivity contribution in [3.05, 3.63) is 52.5 Å². The predicted octanol–water partition coefficient (Wildman–Crippen LogP) is 2.47. The van der Waals surface area contributed by atoms with Gasteiger partial charge in [-0.3, -0.25) is 14.5 Å². The first kappa shape index (κ1) is 11.7. The molecule has 0 aliphatic carbocycles. The molecule has 17 heavy (non-hydrogen) atoms. The summed E-state index contributed by atoms with van der Waals surface area (Å²) in [5, 5.41) is 4.15. The molecule has 0 unspecified atom stereocenters. The highest BCUT2D eigenvalue weighted by atomic mass is 79.9. The number of halogens is 1. The zero-order valence-corrected chi connectivity index (χ0v) is 10.8. The molecule has 0 saturated carbocycles. The lowest BCUT2D eigenvalue weighted by molar-refractivity contribution is 0.104. The van der Waals surface area contributed by atoms with Gasteiger partial charge in [0.1, 0.15) is 0 Å². The normalized spacial score (nSPS) is 10.9. The van der Waals surface area contributed by atoms with E-state index in [1.807, 2.05) is 19.3 Å². The van der Waals surface area contributed by atoms with Gasteiger partial charge in [-0.15, -0.1) is 0 Å². The van der Waals surface area contributed by atoms with Gasteiger partial charge in [0.25, 0.3) is 0 Å². The number of aromatic nitrogens is 3. The first-order valence-corrected chi connectivity index (χ1v) is 5.77. The van der Waals surface area contributed by atoms with Crippen LogP contribution in [-0.2, 0) is 7.05 Å². The van der Waals surface area contributed by atoms with Gasteiger partial charge in [0, 0.05) is 35.7 Å². The molecular formula is C12H10BrN3O. The largest absolute Gasteiger partial charge is 0.289 e. The standard InChI is InChI=1S/C12H10BrN3O/c1-16-5-4-11(15-16)2-3-12(17)9-6-10(13)8-14-7-9/h2-8H,1H3/b3-2+. The van der Waals surface area contributed by atoms with Crippen molar-refractivity contribution < 1.29 is 4.79 Å². The Bertz CT molecular complexity index is 575. The van der Waals surface area contributed by atoms with Crippen LogP contribution < -0.4 is 0 Å². The summed E-state index contributed by atoms with van der Waals surface area (Å²) in [6.45, 7) is 0. The molecule has 0 spiro atoms. The maximum atomic E-state index is 11.8. The summed E-state index contributed by atoms with van der Waals surface area (Å²) in [4.78, 5) is 15.7. The maximum Gasteiger partial charge on any atom is 0.187 e. The first-order chi connectivity index (χ1) is 8.15. The minimum Gasteiger partial charge on any atom is -0.289 e. The Morgan fingerprint density at radius 1 is 1.47 bits per heavy atom. The van der Waals surface area contributed by atoms with E-state index in [4.69, 9.17) is 0 Å². The van der Waals surface area contributed by atoms with Gasteiger partial charge in [0.15, 0.2) is 5.78 Å². The highest BCUT2D eigenvalue weighted by Crippen LogP contribution is 2.11. The molecule has 0 amide bonds. The molecule has 0 aliphatic heterocycles. The average Bonchev–Trinajstić information content (AvgIpc) is 2.72. The number of aryl methyl sites for hydroxylation is 1. The molecule has 0 aromatic carbocycles. The van der Waals surface area contributed by atoms with Gasteiger partial charge in [-0.2, -0.15) is 5.10 Å². The van der Waals surface area contributed by atoms with E-state index >= 15 is 0 Å². The minimum atomic E-state index is -0.0931. The molecule has 0 saturated heterocycles. The molecule has 0 aliphatic rings. The summed E-state index contributed by atoms with van der Waals surface area (Å²) < 4.78 is 2.47. The van der Waals surface area contributed by atoms with Crippen LogP contribution in [0.1, 0.15) is 16.1 Å². The number of carbonyl (C=O) groups is 1. The van der Waals surface area contributed by atoms with Gasteiger partial charge in [-0.25, -0.2) is 0 Å². The van der Waals surface area contributed by atoms with Crippen molar-refractivity contribution >= 4 is 27.8 Å². The van der Waals surface area contributed by atoms with Gasteiger partial charge in [-0.05, 0) is 40.2 Å². The van der Waals surface area contributed by atoms with Crippen LogP contribution in [0.5, 0.6) is 0 Å². The summed E-state index contributed by atoms with van der Waals surface area (Å²) in [6, 6.07) is 3.57. The summed E-state index contributed by atoms with van der Waals surface area (Å²) in [7, 11) is 1.83. The van der Waals surface area contributed by atoms with E-state index in [0.29, 0.717) is 5.56 Å². The highest BCUT2D eigenvalue weighted by molar-refractivity contribution is 9.10. The Hall–Kier alpha value is -1.75. The first-order valence-electron chi connectivity index (χ1n) is 4.98. The van der Waals surface area contributed by atoms with Crippen molar-refractivity contribution in [2.45, 2.75) is 0 Å². The van der Waals surface area contributed by atoms with Crippen LogP contribution in [-0.4, -0.2) is 20.5 Å². The van der Waals surface area contributed by atoms with Gasteiger partial charge >= 0.3 is 0 Å². The zero-order valence-electron chi connectivity index (χ0n) is 9.17. The molecule has 0 N–H and O–H groups in total. The summed E-state index contributed by atoms with van der Waals surface area (Å²) in [6.07, 6.45) is 8.18. The molecular weight excluding hydrogens is 282 g/mol. The number of pyridine rings is 1. The van der Waals surface area contributed by atoms with Gasteiger partial charge in [-0.1, -0.05) is 0 Å². The SMILES string of the molecule is Cn1ccc(/C=C/C(=O)c2cncc(Br)c2)n1. The van der Waals surface area contributed by atoms with Crippen LogP contribution in [0.25, 0.3) is 6.08 Å². The zero-order chi connectivity index (χ0) is 12.3. The summed E-state index contributed by atoms with van der Waals surface area (Å²) >= 11 is 3.28. The monoisotopic (exact) mass is 291 g/mol. The number of carbonyl (C=O) groups excluding carboxylic acids is 1. The van der Waals surface area contributed by atoms with Crippen LogP contribution >= 0.6 is 15.9 Å². The van der Waals surface area contributed by atoms with Crippen molar-refractivity contribution in [2.24, 2.45) is 7.05 Å². The lowest BCUT2D eigenvalue weighted by Gasteiger charge is -1.95. The second-order valence-electron chi connectivity index (χ2n) is 3.50. The van der Waals surface area contributed by atoms with Crippen LogP contribution in [0.15, 0.2) is 41.3 Å². The molecule has 2 aromatic rings. The third kappa shape index (κ3) is 3.10. The molecule has 86 valence electrons. The van der Waals surface area contributed by atoms with Crippen molar-refractivity contribution in [2.75, 3.05) is 0 Å². The summed E-state index contributed by atoms with van der Waals surface area (Å²) in [5.74, 6) is -0.0931. The van der Waals surface area contributed by atoms with E-state index in [2.05, 4.69) is 26.0 Å². The number of nitrogens with zero attached hydrogens (tertiary/aromatic N) is 3. The Morgan fingerprint density at radius 2 is 2.29 bits per heavy atom. The van der Waals surface area contributed by atoms with Crippen LogP contribution in [0.3, 0.4) is 0 Å². The van der Waals surface area contributed by atoms with E-state index in [9.17, 15) is 4.79 Å². The fraction of sp³-hybridized carbons (Fsp3) is 0.0833. The van der Waals surface area contributed by atoms with E-state index < -0.39 is 0 Å². The van der Waals surface area contributed by atoms with E-state index in [1.165, 1.54) is 12.3 Å². The van der Waals surface area contributed by atoms with E-state index in [1.54, 1.807) is 23.0 Å². The van der Waals surface area contributed by atoms with Crippen molar-refractivity contribution in [3.63, 3.8) is 0 Å². The predicted molar refractivity (Wildman–Crippen MR) is 68.5 cm³/mol. The number of allylic oxidation sites excluding steroid dienone is 1. The third-order valence-corrected chi connectivity index (χ3v) is 2.56. The lowest BCUT2D eigenvalue weighted by atomic mass is 10.2. The molecule has 0 bridgehead atoms. The number of hydrogen-bond acceptors (Lipinski definition) is 3. The third-order valence-electron chi connectivity index (χ3n) is 2.13. The van der Waals surface area contributed by atoms with Crippen molar-refractivity contribution in [1.29, 1.82) is 0 Å². The Morgan fingerprint density at radius 3 is 2.94 bits per heavy atom. The molecule has 2 heterocycles.